The van der Waals surface area contributed by atoms with E-state index in [4.69, 9.17) is 0 Å². The second-order valence-corrected chi connectivity index (χ2v) is 6.24. The Kier molecular flexibility index (Phi) is 14.2. The molecule has 1 saturated heterocycles. The monoisotopic (exact) mass is 346 g/mol. The summed E-state index contributed by atoms with van der Waals surface area (Å²) in [6, 6.07) is 6.78. The van der Waals surface area contributed by atoms with Gasteiger partial charge in [-0.25, -0.2) is 0 Å². The van der Waals surface area contributed by atoms with Crippen LogP contribution in [0.25, 0.3) is 5.70 Å². The average molecular weight is 347 g/mol. The molecule has 0 amide bonds. The van der Waals surface area contributed by atoms with Crippen molar-refractivity contribution in [2.75, 3.05) is 26.7 Å². The molecule has 144 valence electrons. The number of nitrogens with one attached hydrogen (secondary N) is 1. The van der Waals surface area contributed by atoms with E-state index >= 15 is 0 Å². The van der Waals surface area contributed by atoms with Crippen molar-refractivity contribution in [1.82, 2.24) is 10.2 Å². The smallest absolute Gasteiger partial charge is 0.0340 e. The van der Waals surface area contributed by atoms with Crippen LogP contribution in [0.2, 0.25) is 0 Å². The van der Waals surface area contributed by atoms with Crippen molar-refractivity contribution in [3.05, 3.63) is 41.5 Å². The van der Waals surface area contributed by atoms with Gasteiger partial charge in [0.25, 0.3) is 0 Å². The lowest BCUT2D eigenvalue weighted by molar-refractivity contribution is 0.225. The van der Waals surface area contributed by atoms with Crippen LogP contribution in [0.5, 0.6) is 0 Å². The molecule has 0 atom stereocenters. The van der Waals surface area contributed by atoms with Crippen molar-refractivity contribution in [2.24, 2.45) is 0 Å². The quantitative estimate of drug-likeness (QED) is 0.605. The molecule has 0 aromatic heterocycles. The van der Waals surface area contributed by atoms with Crippen LogP contribution >= 0.6 is 0 Å². The minimum atomic E-state index is 1.00. The van der Waals surface area contributed by atoms with Gasteiger partial charge < -0.3 is 10.2 Å². The molecule has 0 bridgehead atoms. The third kappa shape index (κ3) is 9.11. The number of hydrogen-bond acceptors (Lipinski definition) is 2. The maximum Gasteiger partial charge on any atom is 0.0340 e. The van der Waals surface area contributed by atoms with Gasteiger partial charge in [-0.15, -0.1) is 0 Å². The topological polar surface area (TPSA) is 15.3 Å². The van der Waals surface area contributed by atoms with E-state index in [0.717, 1.165) is 5.70 Å². The molecule has 1 aliphatic heterocycles. The van der Waals surface area contributed by atoms with Crippen molar-refractivity contribution >= 4 is 5.70 Å². The minimum Gasteiger partial charge on any atom is -0.388 e. The van der Waals surface area contributed by atoms with Gasteiger partial charge in [-0.2, -0.15) is 0 Å². The Hall–Kier alpha value is -1.28. The lowest BCUT2D eigenvalue weighted by Crippen LogP contribution is -2.30. The van der Waals surface area contributed by atoms with Gasteiger partial charge in [-0.1, -0.05) is 58.9 Å². The van der Waals surface area contributed by atoms with E-state index in [1.807, 2.05) is 34.7 Å². The molecule has 0 radical (unpaired) electrons. The number of nitrogens with zero attached hydrogens (tertiary/aromatic N) is 1. The van der Waals surface area contributed by atoms with E-state index in [0.29, 0.717) is 0 Å². The summed E-state index contributed by atoms with van der Waals surface area (Å²) in [6.07, 6.45) is 8.04. The van der Waals surface area contributed by atoms with Crippen molar-refractivity contribution < 1.29 is 0 Å². The summed E-state index contributed by atoms with van der Waals surface area (Å²) in [7, 11) is 1.93. The number of likely N-dealkylation sites (tertiary alicyclic amines) is 1. The fourth-order valence-electron chi connectivity index (χ4n) is 3.20. The highest BCUT2D eigenvalue weighted by Crippen LogP contribution is 2.18. The van der Waals surface area contributed by atoms with Gasteiger partial charge in [0.1, 0.15) is 0 Å². The summed E-state index contributed by atoms with van der Waals surface area (Å²) < 4.78 is 0. The first-order chi connectivity index (χ1) is 12.2. The fourth-order valence-corrected chi connectivity index (χ4v) is 3.20. The molecule has 0 unspecified atom stereocenters. The molecule has 1 aliphatic rings. The number of unbranched alkanes of at least 4 members (excludes halogenated alkanes) is 1. The van der Waals surface area contributed by atoms with Crippen LogP contribution in [0.1, 0.15) is 76.5 Å². The largest absolute Gasteiger partial charge is 0.388 e. The Morgan fingerprint density at radius 3 is 2.24 bits per heavy atom. The van der Waals surface area contributed by atoms with Crippen molar-refractivity contribution in [3.8, 4) is 0 Å². The maximum atomic E-state index is 4.04. The van der Waals surface area contributed by atoms with Crippen LogP contribution in [-0.4, -0.2) is 31.6 Å². The van der Waals surface area contributed by atoms with Gasteiger partial charge in [0.05, 0.1) is 0 Å². The van der Waals surface area contributed by atoms with Crippen molar-refractivity contribution in [2.45, 2.75) is 73.1 Å². The highest BCUT2D eigenvalue weighted by Gasteiger charge is 2.09. The Morgan fingerprint density at radius 1 is 1.04 bits per heavy atom. The first kappa shape index (κ1) is 23.7. The normalized spacial score (nSPS) is 13.8. The standard InChI is InChI=1S/C19H30N2.2C2H6/c1-16-15-18(10-11-19(16)17(2)20-3)9-5-8-14-21-12-6-4-7-13-21;2*1-2/h10-11,15,20H,2,4-9,12-14H2,1,3H3;2*1-2H3. The molecule has 0 saturated carbocycles. The zero-order valence-electron chi connectivity index (χ0n) is 17.8. The van der Waals surface area contributed by atoms with Gasteiger partial charge in [-0.05, 0) is 75.4 Å². The highest BCUT2D eigenvalue weighted by molar-refractivity contribution is 5.64. The molecule has 1 fully saturated rings. The van der Waals surface area contributed by atoms with Gasteiger partial charge in [-0.3, -0.25) is 0 Å². The summed E-state index contributed by atoms with van der Waals surface area (Å²) >= 11 is 0. The summed E-state index contributed by atoms with van der Waals surface area (Å²) in [5.41, 5.74) is 5.01. The fraction of sp³-hybridized carbons (Fsp3) is 0.652. The average Bonchev–Trinajstić information content (AvgIpc) is 2.69. The van der Waals surface area contributed by atoms with Crippen LogP contribution in [0, 0.1) is 6.92 Å². The zero-order chi connectivity index (χ0) is 19.1. The molecular weight excluding hydrogens is 304 g/mol. The van der Waals surface area contributed by atoms with Crippen LogP contribution < -0.4 is 5.32 Å². The SMILES string of the molecule is C=C(NC)c1ccc(CCCCN2CCCCC2)cc1C.CC.CC. The molecule has 1 aromatic carbocycles. The summed E-state index contributed by atoms with van der Waals surface area (Å²) in [4.78, 5) is 2.63. The minimum absolute atomic E-state index is 1.00. The molecule has 2 rings (SSSR count). The number of hydrogen-bond donors (Lipinski definition) is 1. The van der Waals surface area contributed by atoms with E-state index in [1.54, 1.807) is 0 Å². The highest BCUT2D eigenvalue weighted by atomic mass is 15.1. The van der Waals surface area contributed by atoms with Crippen LogP contribution in [0.3, 0.4) is 0 Å². The number of aryl methyl sites for hydroxylation is 2. The molecule has 0 aliphatic carbocycles. The molecule has 2 heteroatoms. The van der Waals surface area contributed by atoms with Crippen LogP contribution in [-0.2, 0) is 6.42 Å². The molecule has 1 N–H and O–H groups in total. The van der Waals surface area contributed by atoms with E-state index in [9.17, 15) is 0 Å². The first-order valence-electron chi connectivity index (χ1n) is 10.4. The number of benzene rings is 1. The van der Waals surface area contributed by atoms with E-state index in [-0.39, 0.29) is 0 Å². The first-order valence-corrected chi connectivity index (χ1v) is 10.4. The van der Waals surface area contributed by atoms with E-state index in [2.05, 4.69) is 41.9 Å². The predicted molar refractivity (Wildman–Crippen MR) is 115 cm³/mol. The lowest BCUT2D eigenvalue weighted by atomic mass is 10.00. The Bertz CT molecular complexity index is 459. The molecule has 25 heavy (non-hydrogen) atoms. The second kappa shape index (κ2) is 15.0. The predicted octanol–water partition coefficient (Wildman–Crippen LogP) is 6.05. The summed E-state index contributed by atoms with van der Waals surface area (Å²) in [5.74, 6) is 0. The Morgan fingerprint density at radius 2 is 1.68 bits per heavy atom. The van der Waals surface area contributed by atoms with E-state index < -0.39 is 0 Å². The van der Waals surface area contributed by atoms with Crippen LogP contribution in [0.4, 0.5) is 0 Å². The van der Waals surface area contributed by atoms with E-state index in [1.165, 1.54) is 74.8 Å². The Balaban J connectivity index is 0.00000134. The van der Waals surface area contributed by atoms with Crippen molar-refractivity contribution in [1.29, 1.82) is 0 Å². The number of piperidine rings is 1. The lowest BCUT2D eigenvalue weighted by Gasteiger charge is -2.26. The molecule has 1 aromatic rings. The number of rotatable bonds is 7. The third-order valence-electron chi connectivity index (χ3n) is 4.56. The maximum absolute atomic E-state index is 4.04. The Labute approximate surface area is 157 Å². The van der Waals surface area contributed by atoms with Gasteiger partial charge in [0, 0.05) is 12.7 Å². The van der Waals surface area contributed by atoms with Crippen molar-refractivity contribution in [3.63, 3.8) is 0 Å². The second-order valence-electron chi connectivity index (χ2n) is 6.24. The van der Waals surface area contributed by atoms with Crippen LogP contribution in [0.15, 0.2) is 24.8 Å². The molecule has 2 nitrogen and oxygen atoms in total. The molecule has 0 spiro atoms. The van der Waals surface area contributed by atoms with Gasteiger partial charge in [0.2, 0.25) is 0 Å². The molecule has 1 heterocycles. The summed E-state index contributed by atoms with van der Waals surface area (Å²) in [6.45, 7) is 18.1. The summed E-state index contributed by atoms with van der Waals surface area (Å²) in [5, 5.41) is 3.13. The molecular formula is C23H42N2. The van der Waals surface area contributed by atoms with Gasteiger partial charge in [0.15, 0.2) is 0 Å². The van der Waals surface area contributed by atoms with Gasteiger partial charge >= 0.3 is 0 Å². The zero-order valence-corrected chi connectivity index (χ0v) is 17.8. The third-order valence-corrected chi connectivity index (χ3v) is 4.56.